The molecule has 1 unspecified atom stereocenters. The number of anilines is 1. The van der Waals surface area contributed by atoms with Crippen molar-refractivity contribution < 1.29 is 22.9 Å². The summed E-state index contributed by atoms with van der Waals surface area (Å²) in [4.78, 5) is 38.6. The molecule has 0 bridgehead atoms. The van der Waals surface area contributed by atoms with Gasteiger partial charge in [-0.05, 0) is 55.3 Å². The number of rotatable bonds is 13. The second-order valence-electron chi connectivity index (χ2n) is 9.19. The Bertz CT molecular complexity index is 1490. The Balaban J connectivity index is 2.02. The zero-order chi connectivity index (χ0) is 30.2. The summed E-state index contributed by atoms with van der Waals surface area (Å²) in [6, 6.07) is 16.2. The van der Waals surface area contributed by atoms with Crippen molar-refractivity contribution in [3.05, 3.63) is 98.5 Å². The SMILES string of the molecule is CCCCNC(=O)C(C)N(Cc1ccc(Cl)c(Cl)c1)C(=O)CN(c1ccc([N+](=O)[O-])cc1)S(=O)(=O)c1ccccc1. The van der Waals surface area contributed by atoms with Crippen LogP contribution >= 0.6 is 23.2 Å². The van der Waals surface area contributed by atoms with Gasteiger partial charge in [0, 0.05) is 25.2 Å². The summed E-state index contributed by atoms with van der Waals surface area (Å²) < 4.78 is 28.3. The molecule has 0 aromatic heterocycles. The zero-order valence-corrected chi connectivity index (χ0v) is 24.8. The number of carbonyl (C=O) groups is 2. The molecule has 2 amide bonds. The van der Waals surface area contributed by atoms with Crippen molar-refractivity contribution in [3.63, 3.8) is 0 Å². The first kappa shape index (κ1) is 31.9. The van der Waals surface area contributed by atoms with Crippen LogP contribution in [-0.4, -0.2) is 49.2 Å². The molecule has 0 heterocycles. The van der Waals surface area contributed by atoms with Gasteiger partial charge in [-0.1, -0.05) is 60.8 Å². The highest BCUT2D eigenvalue weighted by Crippen LogP contribution is 2.27. The third-order valence-corrected chi connectivity index (χ3v) is 8.82. The van der Waals surface area contributed by atoms with Crippen LogP contribution in [0.4, 0.5) is 11.4 Å². The van der Waals surface area contributed by atoms with Gasteiger partial charge >= 0.3 is 0 Å². The number of sulfonamides is 1. The van der Waals surface area contributed by atoms with Gasteiger partial charge in [0.05, 0.1) is 25.6 Å². The molecule has 0 saturated heterocycles. The molecule has 1 atom stereocenters. The molecule has 1 N–H and O–H groups in total. The van der Waals surface area contributed by atoms with E-state index in [4.69, 9.17) is 23.2 Å². The molecule has 0 saturated carbocycles. The van der Waals surface area contributed by atoms with Gasteiger partial charge in [0.25, 0.3) is 15.7 Å². The van der Waals surface area contributed by atoms with E-state index in [2.05, 4.69) is 5.32 Å². The summed E-state index contributed by atoms with van der Waals surface area (Å²) in [5.74, 6) is -1.08. The highest BCUT2D eigenvalue weighted by Gasteiger charge is 2.32. The molecule has 218 valence electrons. The summed E-state index contributed by atoms with van der Waals surface area (Å²) in [6.45, 7) is 3.22. The Morgan fingerprint density at radius 2 is 1.66 bits per heavy atom. The first-order valence-corrected chi connectivity index (χ1v) is 15.0. The van der Waals surface area contributed by atoms with Crippen molar-refractivity contribution >= 4 is 56.4 Å². The largest absolute Gasteiger partial charge is 0.354 e. The fourth-order valence-corrected chi connectivity index (χ4v) is 5.70. The quantitative estimate of drug-likeness (QED) is 0.154. The fourth-order valence-electron chi connectivity index (χ4n) is 3.94. The highest BCUT2D eigenvalue weighted by atomic mass is 35.5. The van der Waals surface area contributed by atoms with Gasteiger partial charge in [0.2, 0.25) is 11.8 Å². The number of halogens is 2. The average Bonchev–Trinajstić information content (AvgIpc) is 2.96. The summed E-state index contributed by atoms with van der Waals surface area (Å²) in [6.07, 6.45) is 1.62. The van der Waals surface area contributed by atoms with Gasteiger partial charge in [-0.15, -0.1) is 0 Å². The third-order valence-electron chi connectivity index (χ3n) is 6.29. The van der Waals surface area contributed by atoms with Crippen LogP contribution in [0.1, 0.15) is 32.3 Å². The fraction of sp³-hybridized carbons (Fsp3) is 0.286. The molecule has 0 aliphatic carbocycles. The molecule has 0 spiro atoms. The molecule has 41 heavy (non-hydrogen) atoms. The normalized spacial score (nSPS) is 11.9. The predicted molar refractivity (Wildman–Crippen MR) is 158 cm³/mol. The molecule has 10 nitrogen and oxygen atoms in total. The van der Waals surface area contributed by atoms with E-state index in [-0.39, 0.29) is 27.8 Å². The predicted octanol–water partition coefficient (Wildman–Crippen LogP) is 5.43. The van der Waals surface area contributed by atoms with Crippen molar-refractivity contribution in [1.82, 2.24) is 10.2 Å². The lowest BCUT2D eigenvalue weighted by Gasteiger charge is -2.32. The van der Waals surface area contributed by atoms with E-state index < -0.39 is 39.3 Å². The third kappa shape index (κ3) is 8.18. The number of unbranched alkanes of at least 4 members (excludes halogenated alkanes) is 1. The Hall–Kier alpha value is -3.67. The Morgan fingerprint density at radius 3 is 2.24 bits per heavy atom. The van der Waals surface area contributed by atoms with Crippen molar-refractivity contribution in [3.8, 4) is 0 Å². The minimum atomic E-state index is -4.29. The molecule has 13 heteroatoms. The number of nitro groups is 1. The van der Waals surface area contributed by atoms with Crippen LogP contribution < -0.4 is 9.62 Å². The maximum Gasteiger partial charge on any atom is 0.269 e. The van der Waals surface area contributed by atoms with Gasteiger partial charge in [0.1, 0.15) is 12.6 Å². The maximum atomic E-state index is 13.9. The van der Waals surface area contributed by atoms with Gasteiger partial charge in [-0.25, -0.2) is 8.42 Å². The zero-order valence-electron chi connectivity index (χ0n) is 22.5. The topological polar surface area (TPSA) is 130 Å². The Labute approximate surface area is 249 Å². The summed E-state index contributed by atoms with van der Waals surface area (Å²) >= 11 is 12.2. The number of amides is 2. The first-order valence-electron chi connectivity index (χ1n) is 12.8. The minimum absolute atomic E-state index is 0.0438. The first-order chi connectivity index (χ1) is 19.4. The second kappa shape index (κ2) is 14.3. The Kier molecular flexibility index (Phi) is 11.1. The lowest BCUT2D eigenvalue weighted by molar-refractivity contribution is -0.384. The van der Waals surface area contributed by atoms with E-state index in [1.165, 1.54) is 29.2 Å². The van der Waals surface area contributed by atoms with E-state index in [0.29, 0.717) is 17.1 Å². The lowest BCUT2D eigenvalue weighted by Crippen LogP contribution is -2.51. The Morgan fingerprint density at radius 1 is 1.00 bits per heavy atom. The van der Waals surface area contributed by atoms with Crippen LogP contribution in [0.5, 0.6) is 0 Å². The monoisotopic (exact) mass is 620 g/mol. The standard InChI is InChI=1S/C28H30Cl2N4O6S/c1-3-4-16-31-28(36)20(2)32(18-21-10-15-25(29)26(30)17-21)27(35)19-33(22-11-13-23(14-12-22)34(37)38)41(39,40)24-8-6-5-7-9-24/h5-15,17,20H,3-4,16,18-19H2,1-2H3,(H,31,36). The molecule has 3 aromatic rings. The number of hydrogen-bond donors (Lipinski definition) is 1. The number of carbonyl (C=O) groups excluding carboxylic acids is 2. The minimum Gasteiger partial charge on any atom is -0.354 e. The van der Waals surface area contributed by atoms with Crippen LogP contribution in [0.3, 0.4) is 0 Å². The van der Waals surface area contributed by atoms with Crippen LogP contribution in [-0.2, 0) is 26.2 Å². The number of hydrogen-bond acceptors (Lipinski definition) is 6. The maximum absolute atomic E-state index is 13.9. The average molecular weight is 622 g/mol. The number of non-ortho nitro benzene ring substituents is 1. The van der Waals surface area contributed by atoms with Crippen LogP contribution in [0.2, 0.25) is 10.0 Å². The molecule has 0 radical (unpaired) electrons. The molecular formula is C28H30Cl2N4O6S. The number of nitrogens with one attached hydrogen (secondary N) is 1. The molecule has 3 aromatic carbocycles. The van der Waals surface area contributed by atoms with Gasteiger partial charge < -0.3 is 10.2 Å². The van der Waals surface area contributed by atoms with E-state index in [1.807, 2.05) is 6.92 Å². The molecule has 0 aliphatic heterocycles. The van der Waals surface area contributed by atoms with E-state index in [0.717, 1.165) is 29.3 Å². The lowest BCUT2D eigenvalue weighted by atomic mass is 10.1. The van der Waals surface area contributed by atoms with Gasteiger partial charge in [-0.3, -0.25) is 24.0 Å². The highest BCUT2D eigenvalue weighted by molar-refractivity contribution is 7.92. The van der Waals surface area contributed by atoms with E-state index in [1.54, 1.807) is 43.3 Å². The van der Waals surface area contributed by atoms with Crippen molar-refractivity contribution in [1.29, 1.82) is 0 Å². The smallest absolute Gasteiger partial charge is 0.269 e. The van der Waals surface area contributed by atoms with Crippen molar-refractivity contribution in [2.45, 2.75) is 44.2 Å². The molecular weight excluding hydrogens is 591 g/mol. The summed E-state index contributed by atoms with van der Waals surface area (Å²) in [5, 5.41) is 14.6. The molecule has 3 rings (SSSR count). The number of nitro benzene ring substituents is 1. The van der Waals surface area contributed by atoms with Crippen LogP contribution in [0.25, 0.3) is 0 Å². The van der Waals surface area contributed by atoms with Crippen molar-refractivity contribution in [2.75, 3.05) is 17.4 Å². The van der Waals surface area contributed by atoms with Crippen molar-refractivity contribution in [2.24, 2.45) is 0 Å². The van der Waals surface area contributed by atoms with Crippen LogP contribution in [0.15, 0.2) is 77.7 Å². The number of benzene rings is 3. The van der Waals surface area contributed by atoms with Crippen LogP contribution in [0, 0.1) is 10.1 Å². The van der Waals surface area contributed by atoms with E-state index in [9.17, 15) is 28.1 Å². The summed E-state index contributed by atoms with van der Waals surface area (Å²) in [7, 11) is -4.29. The molecule has 0 fully saturated rings. The van der Waals surface area contributed by atoms with Gasteiger partial charge in [0.15, 0.2) is 0 Å². The number of nitrogens with zero attached hydrogens (tertiary/aromatic N) is 3. The summed E-state index contributed by atoms with van der Waals surface area (Å²) in [5.41, 5.74) is 0.381. The molecule has 0 aliphatic rings. The second-order valence-corrected chi connectivity index (χ2v) is 11.9. The van der Waals surface area contributed by atoms with Gasteiger partial charge in [-0.2, -0.15) is 0 Å². The van der Waals surface area contributed by atoms with E-state index >= 15 is 0 Å².